The quantitative estimate of drug-likeness (QED) is 0.762. The van der Waals surface area contributed by atoms with Crippen LogP contribution in [0.2, 0.25) is 0 Å². The standard InChI is InChI=1S/C13H15F3O2/c1-4-11(17)10-6-5-9(13(14,15)16)7-12(10)18-8(2)3/h5-8H,4H2,1-3H3. The monoisotopic (exact) mass is 260 g/mol. The second kappa shape index (κ2) is 5.42. The lowest BCUT2D eigenvalue weighted by Gasteiger charge is -2.16. The summed E-state index contributed by atoms with van der Waals surface area (Å²) in [6.07, 6.45) is -4.51. The molecule has 0 heterocycles. The molecule has 1 aromatic carbocycles. The van der Waals surface area contributed by atoms with Crippen LogP contribution in [0.1, 0.15) is 43.1 Å². The van der Waals surface area contributed by atoms with E-state index in [-0.39, 0.29) is 29.6 Å². The summed E-state index contributed by atoms with van der Waals surface area (Å²) in [7, 11) is 0. The number of ether oxygens (including phenoxy) is 1. The van der Waals surface area contributed by atoms with E-state index in [1.54, 1.807) is 20.8 Å². The van der Waals surface area contributed by atoms with Crippen LogP contribution in [0, 0.1) is 0 Å². The van der Waals surface area contributed by atoms with Gasteiger partial charge >= 0.3 is 6.18 Å². The Hall–Kier alpha value is -1.52. The maximum absolute atomic E-state index is 12.6. The van der Waals surface area contributed by atoms with E-state index < -0.39 is 11.7 Å². The number of hydrogen-bond donors (Lipinski definition) is 0. The largest absolute Gasteiger partial charge is 0.490 e. The Labute approximate surface area is 104 Å². The highest BCUT2D eigenvalue weighted by molar-refractivity contribution is 5.98. The summed E-state index contributed by atoms with van der Waals surface area (Å²) in [4.78, 5) is 11.6. The van der Waals surface area contributed by atoms with E-state index in [1.165, 1.54) is 6.07 Å². The van der Waals surface area contributed by atoms with Gasteiger partial charge in [-0.2, -0.15) is 13.2 Å². The van der Waals surface area contributed by atoms with Crippen LogP contribution in [0.5, 0.6) is 5.75 Å². The van der Waals surface area contributed by atoms with Crippen molar-refractivity contribution in [3.63, 3.8) is 0 Å². The molecule has 0 saturated heterocycles. The molecular weight excluding hydrogens is 245 g/mol. The average Bonchev–Trinajstić information content (AvgIpc) is 2.26. The van der Waals surface area contributed by atoms with Gasteiger partial charge in [0.25, 0.3) is 0 Å². The average molecular weight is 260 g/mol. The zero-order valence-corrected chi connectivity index (χ0v) is 10.5. The van der Waals surface area contributed by atoms with Crippen molar-refractivity contribution >= 4 is 5.78 Å². The van der Waals surface area contributed by atoms with Crippen LogP contribution in [-0.2, 0) is 6.18 Å². The molecule has 1 rings (SSSR count). The summed E-state index contributed by atoms with van der Waals surface area (Å²) in [5.74, 6) is -0.244. The van der Waals surface area contributed by atoms with Crippen molar-refractivity contribution in [2.24, 2.45) is 0 Å². The molecule has 2 nitrogen and oxygen atoms in total. The number of carbonyl (C=O) groups excluding carboxylic acids is 1. The SMILES string of the molecule is CCC(=O)c1ccc(C(F)(F)F)cc1OC(C)C. The zero-order valence-electron chi connectivity index (χ0n) is 10.5. The Morgan fingerprint density at radius 1 is 1.33 bits per heavy atom. The highest BCUT2D eigenvalue weighted by Crippen LogP contribution is 2.33. The lowest BCUT2D eigenvalue weighted by molar-refractivity contribution is -0.137. The van der Waals surface area contributed by atoms with E-state index in [0.717, 1.165) is 12.1 Å². The molecule has 0 aliphatic carbocycles. The molecule has 0 atom stereocenters. The molecule has 0 amide bonds. The summed E-state index contributed by atoms with van der Waals surface area (Å²) >= 11 is 0. The van der Waals surface area contributed by atoms with Crippen LogP contribution < -0.4 is 4.74 Å². The number of benzene rings is 1. The lowest BCUT2D eigenvalue weighted by atomic mass is 10.0. The highest BCUT2D eigenvalue weighted by atomic mass is 19.4. The fraction of sp³-hybridized carbons (Fsp3) is 0.462. The molecule has 0 N–H and O–H groups in total. The first kappa shape index (κ1) is 14.5. The normalized spacial score (nSPS) is 11.7. The molecule has 0 saturated carbocycles. The Morgan fingerprint density at radius 3 is 2.39 bits per heavy atom. The number of carbonyl (C=O) groups is 1. The van der Waals surface area contributed by atoms with Gasteiger partial charge in [0.2, 0.25) is 0 Å². The van der Waals surface area contributed by atoms with Crippen molar-refractivity contribution in [2.75, 3.05) is 0 Å². The van der Waals surface area contributed by atoms with Gasteiger partial charge < -0.3 is 4.74 Å². The first-order valence-electron chi connectivity index (χ1n) is 5.66. The molecule has 0 aliphatic rings. The zero-order chi connectivity index (χ0) is 13.9. The minimum atomic E-state index is -4.44. The van der Waals surface area contributed by atoms with E-state index in [2.05, 4.69) is 0 Å². The topological polar surface area (TPSA) is 26.3 Å². The third-order valence-electron chi connectivity index (χ3n) is 2.29. The summed E-state index contributed by atoms with van der Waals surface area (Å²) in [5, 5.41) is 0. The maximum Gasteiger partial charge on any atom is 0.416 e. The van der Waals surface area contributed by atoms with Gasteiger partial charge in [-0.25, -0.2) is 0 Å². The van der Waals surface area contributed by atoms with Gasteiger partial charge in [0, 0.05) is 6.42 Å². The van der Waals surface area contributed by atoms with Crippen LogP contribution in [0.3, 0.4) is 0 Å². The van der Waals surface area contributed by atoms with Gasteiger partial charge in [0.15, 0.2) is 5.78 Å². The lowest BCUT2D eigenvalue weighted by Crippen LogP contribution is -2.12. The number of ketones is 1. The van der Waals surface area contributed by atoms with Crippen molar-refractivity contribution in [1.82, 2.24) is 0 Å². The molecular formula is C13H15F3O2. The Kier molecular flexibility index (Phi) is 4.38. The maximum atomic E-state index is 12.6. The summed E-state index contributed by atoms with van der Waals surface area (Å²) in [5.41, 5.74) is -0.620. The predicted octanol–water partition coefficient (Wildman–Crippen LogP) is 4.09. The number of halogens is 3. The molecule has 100 valence electrons. The summed E-state index contributed by atoms with van der Waals surface area (Å²) in [6, 6.07) is 2.95. The Morgan fingerprint density at radius 2 is 1.94 bits per heavy atom. The molecule has 0 radical (unpaired) electrons. The van der Waals surface area contributed by atoms with Crippen LogP contribution in [0.25, 0.3) is 0 Å². The van der Waals surface area contributed by atoms with E-state index in [1.807, 2.05) is 0 Å². The van der Waals surface area contributed by atoms with Crippen LogP contribution in [-0.4, -0.2) is 11.9 Å². The molecule has 0 aliphatic heterocycles. The third kappa shape index (κ3) is 3.48. The predicted molar refractivity (Wildman–Crippen MR) is 61.8 cm³/mol. The van der Waals surface area contributed by atoms with E-state index in [0.29, 0.717) is 0 Å². The van der Waals surface area contributed by atoms with E-state index in [9.17, 15) is 18.0 Å². The van der Waals surface area contributed by atoms with Gasteiger partial charge in [-0.15, -0.1) is 0 Å². The van der Waals surface area contributed by atoms with Crippen molar-refractivity contribution in [3.05, 3.63) is 29.3 Å². The van der Waals surface area contributed by atoms with Crippen molar-refractivity contribution < 1.29 is 22.7 Å². The number of rotatable bonds is 4. The molecule has 1 aromatic rings. The second-order valence-electron chi connectivity index (χ2n) is 4.15. The van der Waals surface area contributed by atoms with Gasteiger partial charge in [-0.05, 0) is 32.0 Å². The number of hydrogen-bond acceptors (Lipinski definition) is 2. The highest BCUT2D eigenvalue weighted by Gasteiger charge is 2.31. The van der Waals surface area contributed by atoms with Gasteiger partial charge in [-0.3, -0.25) is 4.79 Å². The molecule has 0 fully saturated rings. The first-order chi connectivity index (χ1) is 8.25. The first-order valence-corrected chi connectivity index (χ1v) is 5.66. The van der Waals surface area contributed by atoms with Gasteiger partial charge in [0.1, 0.15) is 5.75 Å². The van der Waals surface area contributed by atoms with Gasteiger partial charge in [0.05, 0.1) is 17.2 Å². The number of Topliss-reactive ketones (excluding diaryl/α,β-unsaturated/α-hetero) is 1. The molecule has 0 bridgehead atoms. The smallest absolute Gasteiger partial charge is 0.416 e. The molecule has 0 unspecified atom stereocenters. The van der Waals surface area contributed by atoms with Crippen LogP contribution >= 0.6 is 0 Å². The molecule has 0 aromatic heterocycles. The van der Waals surface area contributed by atoms with Crippen molar-refractivity contribution in [1.29, 1.82) is 0 Å². The second-order valence-corrected chi connectivity index (χ2v) is 4.15. The molecule has 5 heteroatoms. The summed E-state index contributed by atoms with van der Waals surface area (Å²) < 4.78 is 43.0. The number of alkyl halides is 3. The Balaban J connectivity index is 3.24. The van der Waals surface area contributed by atoms with E-state index in [4.69, 9.17) is 4.74 Å². The van der Waals surface area contributed by atoms with Gasteiger partial charge in [-0.1, -0.05) is 6.92 Å². The molecule has 0 spiro atoms. The fourth-order valence-corrected chi connectivity index (χ4v) is 1.47. The fourth-order valence-electron chi connectivity index (χ4n) is 1.47. The van der Waals surface area contributed by atoms with Crippen LogP contribution in [0.15, 0.2) is 18.2 Å². The van der Waals surface area contributed by atoms with E-state index >= 15 is 0 Å². The minimum Gasteiger partial charge on any atom is -0.490 e. The summed E-state index contributed by atoms with van der Waals surface area (Å²) in [6.45, 7) is 5.04. The van der Waals surface area contributed by atoms with Crippen molar-refractivity contribution in [2.45, 2.75) is 39.5 Å². The minimum absolute atomic E-state index is 0.00771. The molecule has 18 heavy (non-hydrogen) atoms. The Bertz CT molecular complexity index is 436. The van der Waals surface area contributed by atoms with Crippen molar-refractivity contribution in [3.8, 4) is 5.75 Å². The van der Waals surface area contributed by atoms with Crippen LogP contribution in [0.4, 0.5) is 13.2 Å². The third-order valence-corrected chi connectivity index (χ3v) is 2.29.